The fourth-order valence-corrected chi connectivity index (χ4v) is 4.04. The van der Waals surface area contributed by atoms with E-state index in [1.54, 1.807) is 34.2 Å². The third kappa shape index (κ3) is 2.26. The first kappa shape index (κ1) is 14.8. The van der Waals surface area contributed by atoms with Gasteiger partial charge in [-0.1, -0.05) is 0 Å². The van der Waals surface area contributed by atoms with Crippen LogP contribution in [0.2, 0.25) is 0 Å². The molecule has 24 heavy (non-hydrogen) atoms. The number of ether oxygens (including phenoxy) is 1. The Morgan fingerprint density at radius 3 is 3.00 bits per heavy atom. The molecule has 0 aromatic carbocycles. The summed E-state index contributed by atoms with van der Waals surface area (Å²) in [4.78, 5) is 31.5. The summed E-state index contributed by atoms with van der Waals surface area (Å²) in [5.41, 5.74) is 2.84. The van der Waals surface area contributed by atoms with Gasteiger partial charge in [0.25, 0.3) is 5.91 Å². The molecule has 8 heteroatoms. The van der Waals surface area contributed by atoms with E-state index in [9.17, 15) is 9.59 Å². The fourth-order valence-electron chi connectivity index (χ4n) is 2.95. The van der Waals surface area contributed by atoms with Gasteiger partial charge in [0.2, 0.25) is 0 Å². The number of nitrogens with zero attached hydrogens (tertiary/aromatic N) is 4. The third-order valence-corrected chi connectivity index (χ3v) is 5.21. The van der Waals surface area contributed by atoms with Crippen molar-refractivity contribution in [2.45, 2.75) is 13.0 Å². The molecule has 0 N–H and O–H groups in total. The minimum atomic E-state index is -0.319. The molecule has 0 radical (unpaired) electrons. The van der Waals surface area contributed by atoms with Gasteiger partial charge in [-0.3, -0.25) is 9.78 Å². The highest BCUT2D eigenvalue weighted by atomic mass is 32.1. The van der Waals surface area contributed by atoms with Crippen LogP contribution < -0.4 is 0 Å². The van der Waals surface area contributed by atoms with Crippen LogP contribution in [0.1, 0.15) is 31.2 Å². The number of carbonyl (C=O) groups excluding carboxylic acids is 2. The smallest absolute Gasteiger partial charge is 0.338 e. The molecule has 122 valence electrons. The zero-order chi connectivity index (χ0) is 16.7. The molecule has 0 unspecified atom stereocenters. The van der Waals surface area contributed by atoms with Crippen molar-refractivity contribution in [2.24, 2.45) is 0 Å². The van der Waals surface area contributed by atoms with Crippen molar-refractivity contribution in [3.05, 3.63) is 51.7 Å². The highest BCUT2D eigenvalue weighted by Crippen LogP contribution is 2.30. The summed E-state index contributed by atoms with van der Waals surface area (Å²) in [5, 5.41) is 6.00. The predicted octanol–water partition coefficient (Wildman–Crippen LogP) is 1.78. The molecule has 0 aliphatic carbocycles. The lowest BCUT2D eigenvalue weighted by molar-refractivity contribution is 0.0599. The number of amides is 1. The first-order valence-electron chi connectivity index (χ1n) is 7.43. The SMILES string of the molecule is COC(=O)c1csc2c1CCN(C(=O)c1cnn3ccncc13)C2. The number of hydrogen-bond acceptors (Lipinski definition) is 6. The Kier molecular flexibility index (Phi) is 3.53. The van der Waals surface area contributed by atoms with E-state index in [0.717, 1.165) is 10.4 Å². The minimum Gasteiger partial charge on any atom is -0.465 e. The summed E-state index contributed by atoms with van der Waals surface area (Å²) in [6.07, 6.45) is 7.19. The van der Waals surface area contributed by atoms with Crippen LogP contribution in [0.3, 0.4) is 0 Å². The average Bonchev–Trinajstić information content (AvgIpc) is 3.24. The third-order valence-electron chi connectivity index (χ3n) is 4.19. The molecule has 4 heterocycles. The van der Waals surface area contributed by atoms with E-state index in [0.29, 0.717) is 36.2 Å². The molecule has 0 spiro atoms. The van der Waals surface area contributed by atoms with Crippen LogP contribution in [0.4, 0.5) is 0 Å². The Morgan fingerprint density at radius 1 is 1.29 bits per heavy atom. The number of fused-ring (bicyclic) bond motifs is 2. The van der Waals surface area contributed by atoms with Crippen molar-refractivity contribution in [1.82, 2.24) is 19.5 Å². The molecule has 1 aliphatic heterocycles. The van der Waals surface area contributed by atoms with Gasteiger partial charge < -0.3 is 9.64 Å². The second-order valence-corrected chi connectivity index (χ2v) is 6.45. The van der Waals surface area contributed by atoms with Crippen molar-refractivity contribution in [1.29, 1.82) is 0 Å². The molecule has 0 atom stereocenters. The average molecular weight is 342 g/mol. The molecule has 0 saturated heterocycles. The summed E-state index contributed by atoms with van der Waals surface area (Å²) in [5.74, 6) is -0.391. The largest absolute Gasteiger partial charge is 0.465 e. The van der Waals surface area contributed by atoms with Crippen molar-refractivity contribution in [2.75, 3.05) is 13.7 Å². The Morgan fingerprint density at radius 2 is 2.17 bits per heavy atom. The van der Waals surface area contributed by atoms with Gasteiger partial charge >= 0.3 is 5.97 Å². The molecule has 3 aromatic heterocycles. The van der Waals surface area contributed by atoms with Crippen LogP contribution >= 0.6 is 11.3 Å². The second kappa shape index (κ2) is 5.72. The highest BCUT2D eigenvalue weighted by molar-refractivity contribution is 7.10. The highest BCUT2D eigenvalue weighted by Gasteiger charge is 2.28. The zero-order valence-electron chi connectivity index (χ0n) is 12.9. The van der Waals surface area contributed by atoms with Crippen LogP contribution in [-0.4, -0.2) is 45.0 Å². The molecule has 0 fully saturated rings. The van der Waals surface area contributed by atoms with Crippen LogP contribution in [0.15, 0.2) is 30.2 Å². The van der Waals surface area contributed by atoms with E-state index in [1.807, 2.05) is 5.38 Å². The summed E-state index contributed by atoms with van der Waals surface area (Å²) >= 11 is 1.49. The Bertz CT molecular complexity index is 946. The van der Waals surface area contributed by atoms with E-state index in [1.165, 1.54) is 18.4 Å². The molecular formula is C16H14N4O3S. The van der Waals surface area contributed by atoms with Crippen molar-refractivity contribution in [3.8, 4) is 0 Å². The van der Waals surface area contributed by atoms with Gasteiger partial charge in [0.15, 0.2) is 0 Å². The van der Waals surface area contributed by atoms with Gasteiger partial charge in [0, 0.05) is 29.2 Å². The van der Waals surface area contributed by atoms with Crippen LogP contribution in [0, 0.1) is 0 Å². The maximum Gasteiger partial charge on any atom is 0.338 e. The van der Waals surface area contributed by atoms with E-state index in [2.05, 4.69) is 10.1 Å². The quantitative estimate of drug-likeness (QED) is 0.664. The summed E-state index contributed by atoms with van der Waals surface area (Å²) in [7, 11) is 1.38. The predicted molar refractivity (Wildman–Crippen MR) is 87.1 cm³/mol. The lowest BCUT2D eigenvalue weighted by atomic mass is 10.0. The lowest BCUT2D eigenvalue weighted by Crippen LogP contribution is -2.35. The monoisotopic (exact) mass is 342 g/mol. The molecule has 3 aromatic rings. The number of thiophene rings is 1. The molecule has 1 amide bonds. The number of carbonyl (C=O) groups is 2. The van der Waals surface area contributed by atoms with Crippen molar-refractivity contribution >= 4 is 28.7 Å². The maximum absolute atomic E-state index is 12.8. The number of rotatable bonds is 2. The molecule has 0 bridgehead atoms. The topological polar surface area (TPSA) is 76.8 Å². The van der Waals surface area contributed by atoms with Crippen molar-refractivity contribution < 1.29 is 14.3 Å². The summed E-state index contributed by atoms with van der Waals surface area (Å²) < 4.78 is 6.45. The van der Waals surface area contributed by atoms with Gasteiger partial charge in [-0.25, -0.2) is 9.31 Å². The van der Waals surface area contributed by atoms with Crippen LogP contribution in [-0.2, 0) is 17.7 Å². The van der Waals surface area contributed by atoms with Gasteiger partial charge in [-0.15, -0.1) is 11.3 Å². The van der Waals surface area contributed by atoms with Crippen LogP contribution in [0.5, 0.6) is 0 Å². The van der Waals surface area contributed by atoms with E-state index < -0.39 is 0 Å². The Hall–Kier alpha value is -2.74. The molecule has 7 nitrogen and oxygen atoms in total. The molecular weight excluding hydrogens is 328 g/mol. The normalized spacial score (nSPS) is 13.8. The number of methoxy groups -OCH3 is 1. The number of esters is 1. The molecule has 4 rings (SSSR count). The van der Waals surface area contributed by atoms with E-state index in [-0.39, 0.29) is 11.9 Å². The first-order chi connectivity index (χ1) is 11.7. The zero-order valence-corrected chi connectivity index (χ0v) is 13.7. The Balaban J connectivity index is 1.62. The summed E-state index contributed by atoms with van der Waals surface area (Å²) in [6.45, 7) is 1.05. The fraction of sp³-hybridized carbons (Fsp3) is 0.250. The summed E-state index contributed by atoms with van der Waals surface area (Å²) in [6, 6.07) is 0. The van der Waals surface area contributed by atoms with Gasteiger partial charge in [-0.05, 0) is 12.0 Å². The van der Waals surface area contributed by atoms with Gasteiger partial charge in [0.1, 0.15) is 0 Å². The van der Waals surface area contributed by atoms with E-state index in [4.69, 9.17) is 4.74 Å². The van der Waals surface area contributed by atoms with Gasteiger partial charge in [0.05, 0.1) is 42.7 Å². The van der Waals surface area contributed by atoms with Crippen LogP contribution in [0.25, 0.3) is 5.52 Å². The lowest BCUT2D eigenvalue weighted by Gasteiger charge is -2.27. The second-order valence-electron chi connectivity index (χ2n) is 5.48. The number of hydrogen-bond donors (Lipinski definition) is 0. The molecule has 0 saturated carbocycles. The maximum atomic E-state index is 12.8. The Labute approximate surface area is 141 Å². The standard InChI is InChI=1S/C16H14N4O3S/c1-23-16(22)12-9-24-14-8-19(4-2-10(12)14)15(21)11-6-18-20-5-3-17-7-13(11)20/h3,5-7,9H,2,4,8H2,1H3. The molecule has 1 aliphatic rings. The van der Waals surface area contributed by atoms with Crippen molar-refractivity contribution in [3.63, 3.8) is 0 Å². The minimum absolute atomic E-state index is 0.0725. The first-order valence-corrected chi connectivity index (χ1v) is 8.31. The van der Waals surface area contributed by atoms with E-state index >= 15 is 0 Å². The van der Waals surface area contributed by atoms with Gasteiger partial charge in [-0.2, -0.15) is 5.10 Å². The number of aromatic nitrogens is 3.